The van der Waals surface area contributed by atoms with Crippen LogP contribution in [0.2, 0.25) is 0 Å². The molecule has 1 aliphatic heterocycles. The molecule has 7 heteroatoms. The highest BCUT2D eigenvalue weighted by molar-refractivity contribution is 9.10. The summed E-state index contributed by atoms with van der Waals surface area (Å²) in [6, 6.07) is 7.78. The highest BCUT2D eigenvalue weighted by Gasteiger charge is 2.24. The van der Waals surface area contributed by atoms with Crippen molar-refractivity contribution in [2.45, 2.75) is 51.2 Å². The summed E-state index contributed by atoms with van der Waals surface area (Å²) in [5, 5.41) is 9.33. The fraction of sp³-hybridized carbons (Fsp3) is 0.529. The van der Waals surface area contributed by atoms with E-state index < -0.39 is 0 Å². The molecule has 0 saturated carbocycles. The smallest absolute Gasteiger partial charge is 0.222 e. The number of amides is 2. The van der Waals surface area contributed by atoms with Gasteiger partial charge >= 0.3 is 0 Å². The lowest BCUT2D eigenvalue weighted by molar-refractivity contribution is -0.123. The molecule has 0 spiro atoms. The lowest BCUT2D eigenvalue weighted by Crippen LogP contribution is -2.52. The van der Waals surface area contributed by atoms with Gasteiger partial charge in [-0.1, -0.05) is 28.1 Å². The summed E-state index contributed by atoms with van der Waals surface area (Å²) in [5.74, 6) is -0.175. The van der Waals surface area contributed by atoms with E-state index in [4.69, 9.17) is 0 Å². The van der Waals surface area contributed by atoms with Gasteiger partial charge in [-0.3, -0.25) is 9.59 Å². The number of nitrogens with one attached hydrogen (secondary N) is 3. The molecule has 1 aromatic carbocycles. The van der Waals surface area contributed by atoms with Gasteiger partial charge < -0.3 is 16.0 Å². The lowest BCUT2D eigenvalue weighted by atomic mass is 9.98. The van der Waals surface area contributed by atoms with Gasteiger partial charge in [-0.25, -0.2) is 0 Å². The van der Waals surface area contributed by atoms with Crippen molar-refractivity contribution in [3.63, 3.8) is 0 Å². The van der Waals surface area contributed by atoms with E-state index >= 15 is 0 Å². The van der Waals surface area contributed by atoms with Crippen LogP contribution in [-0.4, -0.2) is 30.4 Å². The molecular formula is C17H25BrClN3O2. The highest BCUT2D eigenvalue weighted by Crippen LogP contribution is 2.20. The van der Waals surface area contributed by atoms with Crippen molar-refractivity contribution in [2.75, 3.05) is 6.54 Å². The van der Waals surface area contributed by atoms with Gasteiger partial charge in [0.25, 0.3) is 0 Å². The molecule has 0 radical (unpaired) electrons. The topological polar surface area (TPSA) is 70.2 Å². The minimum absolute atomic E-state index is 0. The molecule has 0 aromatic heterocycles. The van der Waals surface area contributed by atoms with E-state index in [1.165, 1.54) is 6.92 Å². The Bertz CT molecular complexity index is 553. The molecule has 0 bridgehead atoms. The molecule has 24 heavy (non-hydrogen) atoms. The Hall–Kier alpha value is -1.11. The summed E-state index contributed by atoms with van der Waals surface area (Å²) >= 11 is 3.40. The lowest BCUT2D eigenvalue weighted by Gasteiger charge is -2.31. The monoisotopic (exact) mass is 417 g/mol. The Labute approximate surface area is 157 Å². The second kappa shape index (κ2) is 10.0. The Balaban J connectivity index is 0.00000288. The second-order valence-corrected chi connectivity index (χ2v) is 6.98. The van der Waals surface area contributed by atoms with Crippen LogP contribution in [0.4, 0.5) is 0 Å². The number of hydrogen-bond acceptors (Lipinski definition) is 3. The number of piperidine rings is 1. The van der Waals surface area contributed by atoms with Crippen molar-refractivity contribution in [2.24, 2.45) is 0 Å². The fourth-order valence-corrected chi connectivity index (χ4v) is 3.15. The minimum Gasteiger partial charge on any atom is -0.352 e. The van der Waals surface area contributed by atoms with Crippen molar-refractivity contribution in [3.05, 3.63) is 34.3 Å². The fourth-order valence-electron chi connectivity index (χ4n) is 2.88. The quantitative estimate of drug-likeness (QED) is 0.688. The van der Waals surface area contributed by atoms with Gasteiger partial charge in [0.15, 0.2) is 0 Å². The first-order valence-electron chi connectivity index (χ1n) is 8.01. The van der Waals surface area contributed by atoms with Crippen LogP contribution < -0.4 is 16.0 Å². The number of hydrogen-bond donors (Lipinski definition) is 3. The van der Waals surface area contributed by atoms with Gasteiger partial charge in [-0.2, -0.15) is 0 Å². The molecule has 1 aliphatic rings. The zero-order valence-corrected chi connectivity index (χ0v) is 16.4. The molecule has 134 valence electrons. The third-order valence-corrected chi connectivity index (χ3v) is 4.68. The van der Waals surface area contributed by atoms with Gasteiger partial charge in [-0.15, -0.1) is 12.4 Å². The molecule has 2 rings (SSSR count). The second-order valence-electron chi connectivity index (χ2n) is 6.07. The maximum atomic E-state index is 12.4. The van der Waals surface area contributed by atoms with Crippen LogP contribution in [0.3, 0.4) is 0 Å². The predicted octanol–water partition coefficient (Wildman–Crippen LogP) is 2.69. The molecule has 2 amide bonds. The Morgan fingerprint density at radius 1 is 1.33 bits per heavy atom. The van der Waals surface area contributed by atoms with E-state index in [-0.39, 0.29) is 48.8 Å². The van der Waals surface area contributed by atoms with Crippen LogP contribution in [0.15, 0.2) is 28.7 Å². The SMILES string of the molecule is CC(=O)NC(CC(=O)NC1CCCNC1C)c1ccc(Br)cc1.Cl. The molecule has 1 heterocycles. The summed E-state index contributed by atoms with van der Waals surface area (Å²) in [7, 11) is 0. The standard InChI is InChI=1S/C17H24BrN3O2.ClH/c1-11-15(4-3-9-19-11)21-17(23)10-16(20-12(2)22)13-5-7-14(18)8-6-13;/h5-8,11,15-16,19H,3-4,9-10H2,1-2H3,(H,20,22)(H,21,23);1H. The van der Waals surface area contributed by atoms with Crippen LogP contribution in [-0.2, 0) is 9.59 Å². The van der Waals surface area contributed by atoms with Crippen LogP contribution in [0.5, 0.6) is 0 Å². The third kappa shape index (κ3) is 6.42. The van der Waals surface area contributed by atoms with Crippen LogP contribution >= 0.6 is 28.3 Å². The number of carbonyl (C=O) groups excluding carboxylic acids is 2. The average molecular weight is 419 g/mol. The Morgan fingerprint density at radius 2 is 2.00 bits per heavy atom. The summed E-state index contributed by atoms with van der Waals surface area (Å²) in [4.78, 5) is 23.8. The zero-order chi connectivity index (χ0) is 16.8. The van der Waals surface area contributed by atoms with E-state index in [1.54, 1.807) is 0 Å². The summed E-state index contributed by atoms with van der Waals surface area (Å²) in [6.07, 6.45) is 2.30. The van der Waals surface area contributed by atoms with Gasteiger partial charge in [0.05, 0.1) is 12.5 Å². The molecule has 1 saturated heterocycles. The number of rotatable bonds is 5. The van der Waals surface area contributed by atoms with Gasteiger partial charge in [0, 0.05) is 23.5 Å². The van der Waals surface area contributed by atoms with Crippen molar-refractivity contribution in [3.8, 4) is 0 Å². The average Bonchev–Trinajstić information content (AvgIpc) is 2.49. The van der Waals surface area contributed by atoms with Crippen molar-refractivity contribution in [1.29, 1.82) is 0 Å². The number of halogens is 2. The molecule has 1 aromatic rings. The van der Waals surface area contributed by atoms with E-state index in [1.807, 2.05) is 24.3 Å². The first kappa shape index (κ1) is 20.9. The predicted molar refractivity (Wildman–Crippen MR) is 101 cm³/mol. The number of carbonyl (C=O) groups is 2. The molecule has 5 nitrogen and oxygen atoms in total. The van der Waals surface area contributed by atoms with E-state index in [9.17, 15) is 9.59 Å². The minimum atomic E-state index is -0.313. The molecule has 1 fully saturated rings. The maximum Gasteiger partial charge on any atom is 0.222 e. The maximum absolute atomic E-state index is 12.4. The van der Waals surface area contributed by atoms with Gasteiger partial charge in [0.2, 0.25) is 11.8 Å². The summed E-state index contributed by atoms with van der Waals surface area (Å²) in [5.41, 5.74) is 0.924. The molecule has 3 N–H and O–H groups in total. The van der Waals surface area contributed by atoms with Gasteiger partial charge in [0.1, 0.15) is 0 Å². The van der Waals surface area contributed by atoms with E-state index in [0.717, 1.165) is 29.4 Å². The Morgan fingerprint density at radius 3 is 2.58 bits per heavy atom. The first-order valence-corrected chi connectivity index (χ1v) is 8.80. The van der Waals surface area contributed by atoms with E-state index in [0.29, 0.717) is 0 Å². The van der Waals surface area contributed by atoms with Crippen LogP contribution in [0.1, 0.15) is 44.7 Å². The molecule has 3 unspecified atom stereocenters. The van der Waals surface area contributed by atoms with E-state index in [2.05, 4.69) is 38.8 Å². The van der Waals surface area contributed by atoms with Crippen molar-refractivity contribution in [1.82, 2.24) is 16.0 Å². The molecular weight excluding hydrogens is 394 g/mol. The Kier molecular flexibility index (Phi) is 8.73. The zero-order valence-electron chi connectivity index (χ0n) is 14.0. The van der Waals surface area contributed by atoms with Crippen molar-refractivity contribution < 1.29 is 9.59 Å². The first-order chi connectivity index (χ1) is 11.0. The molecule has 0 aliphatic carbocycles. The third-order valence-electron chi connectivity index (χ3n) is 4.15. The summed E-state index contributed by atoms with van der Waals surface area (Å²) < 4.78 is 0.967. The highest BCUT2D eigenvalue weighted by atomic mass is 79.9. The largest absolute Gasteiger partial charge is 0.352 e. The molecule has 3 atom stereocenters. The van der Waals surface area contributed by atoms with Crippen molar-refractivity contribution >= 4 is 40.2 Å². The number of benzene rings is 1. The van der Waals surface area contributed by atoms with Crippen LogP contribution in [0.25, 0.3) is 0 Å². The van der Waals surface area contributed by atoms with Gasteiger partial charge in [-0.05, 0) is 44.0 Å². The normalized spacial score (nSPS) is 21.3. The van der Waals surface area contributed by atoms with Crippen LogP contribution in [0, 0.1) is 0 Å². The summed E-state index contributed by atoms with van der Waals surface area (Å²) in [6.45, 7) is 4.56.